The van der Waals surface area contributed by atoms with E-state index in [1.54, 1.807) is 0 Å². The standard InChI is InChI=1S/C18H19F3N4O3/c1-11-6-12(16(26)27)9-24(8-11)17(28)23-14-7-22-25(10-14)15-4-2-13(3-5-15)18(19,20)21/h2-5,7,10-12H,6,8-9H2,1H3,(H,23,28)(H,26,27). The van der Waals surface area contributed by atoms with E-state index in [-0.39, 0.29) is 12.5 Å². The number of carbonyl (C=O) groups excluding carboxylic acids is 1. The number of benzene rings is 1. The number of urea groups is 1. The van der Waals surface area contributed by atoms with Crippen molar-refractivity contribution in [2.24, 2.45) is 11.8 Å². The van der Waals surface area contributed by atoms with Crippen molar-refractivity contribution in [2.45, 2.75) is 19.5 Å². The Labute approximate surface area is 158 Å². The summed E-state index contributed by atoms with van der Waals surface area (Å²) >= 11 is 0. The first-order valence-electron chi connectivity index (χ1n) is 8.64. The summed E-state index contributed by atoms with van der Waals surface area (Å²) in [6.07, 6.45) is -1.05. The molecule has 2 aromatic rings. The summed E-state index contributed by atoms with van der Waals surface area (Å²) < 4.78 is 39.3. The third kappa shape index (κ3) is 4.44. The molecule has 0 aliphatic carbocycles. The second kappa shape index (κ2) is 7.53. The van der Waals surface area contributed by atoms with E-state index in [0.29, 0.717) is 24.3 Å². The first-order valence-corrected chi connectivity index (χ1v) is 8.64. The lowest BCUT2D eigenvalue weighted by atomic mass is 9.91. The molecule has 1 aromatic heterocycles. The van der Waals surface area contributed by atoms with Crippen LogP contribution < -0.4 is 5.32 Å². The van der Waals surface area contributed by atoms with Crippen LogP contribution in [0.15, 0.2) is 36.7 Å². The number of nitrogens with one attached hydrogen (secondary N) is 1. The molecule has 1 aliphatic rings. The van der Waals surface area contributed by atoms with Gasteiger partial charge in [0.1, 0.15) is 0 Å². The number of hydrogen-bond acceptors (Lipinski definition) is 3. The number of anilines is 1. The zero-order valence-electron chi connectivity index (χ0n) is 15.0. The molecule has 2 N–H and O–H groups in total. The second-order valence-electron chi connectivity index (χ2n) is 6.93. The SMILES string of the molecule is CC1CC(C(=O)O)CN(C(=O)Nc2cnn(-c3ccc(C(F)(F)F)cc3)c2)C1. The summed E-state index contributed by atoms with van der Waals surface area (Å²) in [5.41, 5.74) is 0.00479. The molecule has 0 spiro atoms. The van der Waals surface area contributed by atoms with Crippen molar-refractivity contribution in [3.05, 3.63) is 42.2 Å². The zero-order valence-corrected chi connectivity index (χ0v) is 15.0. The van der Waals surface area contributed by atoms with Crippen LogP contribution in [0.4, 0.5) is 23.7 Å². The number of halogens is 3. The number of amides is 2. The van der Waals surface area contributed by atoms with E-state index in [2.05, 4.69) is 10.4 Å². The van der Waals surface area contributed by atoms with E-state index < -0.39 is 29.7 Å². The molecule has 2 atom stereocenters. The van der Waals surface area contributed by atoms with Gasteiger partial charge in [-0.1, -0.05) is 6.92 Å². The maximum Gasteiger partial charge on any atom is 0.416 e. The van der Waals surface area contributed by atoms with Gasteiger partial charge in [-0.25, -0.2) is 9.48 Å². The Kier molecular flexibility index (Phi) is 5.30. The van der Waals surface area contributed by atoms with Gasteiger partial charge in [0.2, 0.25) is 0 Å². The maximum absolute atomic E-state index is 12.6. The highest BCUT2D eigenvalue weighted by Gasteiger charge is 2.32. The highest BCUT2D eigenvalue weighted by atomic mass is 19.4. The number of nitrogens with zero attached hydrogens (tertiary/aromatic N) is 3. The van der Waals surface area contributed by atoms with E-state index in [0.717, 1.165) is 12.1 Å². The molecule has 2 amide bonds. The van der Waals surface area contributed by atoms with Gasteiger partial charge in [-0.3, -0.25) is 4.79 Å². The van der Waals surface area contributed by atoms with Gasteiger partial charge in [-0.15, -0.1) is 0 Å². The number of rotatable bonds is 3. The third-order valence-corrected chi connectivity index (χ3v) is 4.59. The lowest BCUT2D eigenvalue weighted by Crippen LogP contribution is -2.47. The molecule has 1 aliphatic heterocycles. The van der Waals surface area contributed by atoms with Crippen LogP contribution in [-0.4, -0.2) is 44.9 Å². The molecule has 2 heterocycles. The fourth-order valence-electron chi connectivity index (χ4n) is 3.23. The third-order valence-electron chi connectivity index (χ3n) is 4.59. The average molecular weight is 396 g/mol. The normalized spacial score (nSPS) is 20.1. The molecule has 2 unspecified atom stereocenters. The van der Waals surface area contributed by atoms with E-state index in [4.69, 9.17) is 0 Å². The monoisotopic (exact) mass is 396 g/mol. The number of aliphatic carboxylic acids is 1. The molecule has 150 valence electrons. The summed E-state index contributed by atoms with van der Waals surface area (Å²) in [5.74, 6) is -1.47. The van der Waals surface area contributed by atoms with E-state index in [9.17, 15) is 27.9 Å². The predicted molar refractivity (Wildman–Crippen MR) is 94.1 cm³/mol. The Balaban J connectivity index is 1.67. The first kappa shape index (κ1) is 19.7. The average Bonchev–Trinajstić information content (AvgIpc) is 3.09. The molecule has 7 nitrogen and oxygen atoms in total. The lowest BCUT2D eigenvalue weighted by molar-refractivity contribution is -0.143. The van der Waals surface area contributed by atoms with E-state index in [1.807, 2.05) is 6.92 Å². The Morgan fingerprint density at radius 2 is 1.89 bits per heavy atom. The van der Waals surface area contributed by atoms with Gasteiger partial charge in [0.25, 0.3) is 0 Å². The van der Waals surface area contributed by atoms with Crippen LogP contribution in [0.3, 0.4) is 0 Å². The molecule has 0 saturated carbocycles. The summed E-state index contributed by atoms with van der Waals surface area (Å²) in [6, 6.07) is 4.04. The van der Waals surface area contributed by atoms with Crippen molar-refractivity contribution in [1.29, 1.82) is 0 Å². The molecule has 28 heavy (non-hydrogen) atoms. The molecule has 1 saturated heterocycles. The number of alkyl halides is 3. The van der Waals surface area contributed by atoms with Crippen molar-refractivity contribution >= 4 is 17.7 Å². The number of carboxylic acid groups (broad SMARTS) is 1. The lowest BCUT2D eigenvalue weighted by Gasteiger charge is -2.34. The van der Waals surface area contributed by atoms with Crippen molar-refractivity contribution < 1.29 is 27.9 Å². The minimum absolute atomic E-state index is 0.0653. The minimum Gasteiger partial charge on any atom is -0.481 e. The molecule has 3 rings (SSSR count). The zero-order chi connectivity index (χ0) is 20.5. The van der Waals surface area contributed by atoms with Gasteiger partial charge in [0, 0.05) is 13.1 Å². The number of hydrogen-bond donors (Lipinski definition) is 2. The van der Waals surface area contributed by atoms with E-state index in [1.165, 1.54) is 34.1 Å². The smallest absolute Gasteiger partial charge is 0.416 e. The van der Waals surface area contributed by atoms with Crippen LogP contribution in [0.25, 0.3) is 5.69 Å². The number of aromatic nitrogens is 2. The van der Waals surface area contributed by atoms with Gasteiger partial charge in [0.05, 0.1) is 35.2 Å². The van der Waals surface area contributed by atoms with Crippen LogP contribution in [0.1, 0.15) is 18.9 Å². The highest BCUT2D eigenvalue weighted by Crippen LogP contribution is 2.29. The molecule has 1 fully saturated rings. The Bertz CT molecular complexity index is 864. The highest BCUT2D eigenvalue weighted by molar-refractivity contribution is 5.89. The molecule has 0 bridgehead atoms. The van der Waals surface area contributed by atoms with Gasteiger partial charge in [-0.2, -0.15) is 18.3 Å². The van der Waals surface area contributed by atoms with Crippen molar-refractivity contribution in [2.75, 3.05) is 18.4 Å². The summed E-state index contributed by atoms with van der Waals surface area (Å²) in [4.78, 5) is 25.1. The van der Waals surface area contributed by atoms with Crippen molar-refractivity contribution in [3.8, 4) is 5.69 Å². The minimum atomic E-state index is -4.42. The molecular formula is C18H19F3N4O3. The number of carbonyl (C=O) groups is 2. The van der Waals surface area contributed by atoms with Crippen LogP contribution in [0, 0.1) is 11.8 Å². The summed E-state index contributed by atoms with van der Waals surface area (Å²) in [5, 5.41) is 15.9. The molecule has 1 aromatic carbocycles. The van der Waals surface area contributed by atoms with Crippen molar-refractivity contribution in [1.82, 2.24) is 14.7 Å². The Morgan fingerprint density at radius 3 is 2.50 bits per heavy atom. The molecular weight excluding hydrogens is 377 g/mol. The fourth-order valence-corrected chi connectivity index (χ4v) is 3.23. The molecule has 10 heteroatoms. The van der Waals surface area contributed by atoms with Crippen LogP contribution >= 0.6 is 0 Å². The van der Waals surface area contributed by atoms with Crippen LogP contribution in [0.5, 0.6) is 0 Å². The Morgan fingerprint density at radius 1 is 1.21 bits per heavy atom. The second-order valence-corrected chi connectivity index (χ2v) is 6.93. The van der Waals surface area contributed by atoms with Gasteiger partial charge in [0.15, 0.2) is 0 Å². The fraction of sp³-hybridized carbons (Fsp3) is 0.389. The van der Waals surface area contributed by atoms with Gasteiger partial charge >= 0.3 is 18.2 Å². The predicted octanol–water partition coefficient (Wildman–Crippen LogP) is 3.47. The number of piperidine rings is 1. The van der Waals surface area contributed by atoms with Gasteiger partial charge < -0.3 is 15.3 Å². The quantitative estimate of drug-likeness (QED) is 0.832. The first-order chi connectivity index (χ1) is 13.1. The number of carboxylic acids is 1. The Hall–Kier alpha value is -3.04. The summed E-state index contributed by atoms with van der Waals surface area (Å²) in [7, 11) is 0. The maximum atomic E-state index is 12.6. The molecule has 0 radical (unpaired) electrons. The van der Waals surface area contributed by atoms with Crippen LogP contribution in [0.2, 0.25) is 0 Å². The van der Waals surface area contributed by atoms with Gasteiger partial charge in [-0.05, 0) is 36.6 Å². The topological polar surface area (TPSA) is 87.5 Å². The summed E-state index contributed by atoms with van der Waals surface area (Å²) in [6.45, 7) is 2.46. The largest absolute Gasteiger partial charge is 0.481 e. The van der Waals surface area contributed by atoms with Crippen LogP contribution in [-0.2, 0) is 11.0 Å². The van der Waals surface area contributed by atoms with Crippen molar-refractivity contribution in [3.63, 3.8) is 0 Å². The number of likely N-dealkylation sites (tertiary alicyclic amines) is 1. The van der Waals surface area contributed by atoms with E-state index >= 15 is 0 Å².